The zero-order chi connectivity index (χ0) is 16.9. The first-order valence-corrected chi connectivity index (χ1v) is 9.12. The van der Waals surface area contributed by atoms with Crippen molar-refractivity contribution in [3.63, 3.8) is 0 Å². The largest absolute Gasteiger partial charge is 0.466 e. The van der Waals surface area contributed by atoms with Crippen molar-refractivity contribution in [2.75, 3.05) is 20.1 Å². The Morgan fingerprint density at radius 2 is 2.00 bits per heavy atom. The molecule has 4 heterocycles. The van der Waals surface area contributed by atoms with Crippen molar-refractivity contribution in [2.24, 2.45) is 5.10 Å². The van der Waals surface area contributed by atoms with Crippen LogP contribution >= 0.6 is 0 Å². The van der Waals surface area contributed by atoms with Crippen molar-refractivity contribution in [3.05, 3.63) is 59.9 Å². The summed E-state index contributed by atoms with van der Waals surface area (Å²) in [7, 11) is 2.26. The number of nitrogens with zero attached hydrogens (tertiary/aromatic N) is 3. The van der Waals surface area contributed by atoms with Gasteiger partial charge in [-0.3, -0.25) is 4.98 Å². The van der Waals surface area contributed by atoms with Gasteiger partial charge in [0.2, 0.25) is 5.72 Å². The van der Waals surface area contributed by atoms with Gasteiger partial charge in [0.15, 0.2) is 0 Å². The smallest absolute Gasteiger partial charge is 0.208 e. The van der Waals surface area contributed by atoms with E-state index >= 15 is 0 Å². The lowest BCUT2D eigenvalue weighted by Crippen LogP contribution is -3.11. The van der Waals surface area contributed by atoms with E-state index in [2.05, 4.69) is 47.4 Å². The molecule has 1 saturated heterocycles. The van der Waals surface area contributed by atoms with E-state index in [1.165, 1.54) is 5.56 Å². The van der Waals surface area contributed by atoms with Crippen molar-refractivity contribution in [2.45, 2.75) is 31.0 Å². The van der Waals surface area contributed by atoms with Gasteiger partial charge in [-0.2, -0.15) is 5.10 Å². The minimum Gasteiger partial charge on any atom is -0.466 e. The Kier molecular flexibility index (Phi) is 3.31. The number of likely N-dealkylation sites (tertiary alicyclic amines) is 1. The number of benzene rings is 1. The molecule has 1 spiro atoms. The van der Waals surface area contributed by atoms with Gasteiger partial charge in [-0.25, -0.2) is 5.01 Å². The summed E-state index contributed by atoms with van der Waals surface area (Å²) in [5.74, 6) is 1.03. The van der Waals surface area contributed by atoms with Crippen molar-refractivity contribution >= 4 is 5.71 Å². The van der Waals surface area contributed by atoms with Crippen LogP contribution in [0.5, 0.6) is 5.75 Å². The second-order valence-corrected chi connectivity index (χ2v) is 7.40. The van der Waals surface area contributed by atoms with Crippen LogP contribution in [-0.2, 0) is 0 Å². The molecule has 1 aromatic carbocycles. The number of para-hydroxylation sites is 1. The summed E-state index contributed by atoms with van der Waals surface area (Å²) in [5, 5.41) is 7.32. The molecule has 5 rings (SSSR count). The summed E-state index contributed by atoms with van der Waals surface area (Å²) in [6.45, 7) is 2.23. The third-order valence-electron chi connectivity index (χ3n) is 5.79. The number of fused-ring (bicyclic) bond motifs is 4. The van der Waals surface area contributed by atoms with Gasteiger partial charge in [-0.05, 0) is 12.1 Å². The lowest BCUT2D eigenvalue weighted by Gasteiger charge is -2.49. The average Bonchev–Trinajstić information content (AvgIpc) is 3.12. The maximum Gasteiger partial charge on any atom is 0.208 e. The maximum absolute atomic E-state index is 6.60. The van der Waals surface area contributed by atoms with Crippen LogP contribution in [0.3, 0.4) is 0 Å². The zero-order valence-electron chi connectivity index (χ0n) is 14.5. The third-order valence-corrected chi connectivity index (χ3v) is 5.79. The van der Waals surface area contributed by atoms with Gasteiger partial charge in [0, 0.05) is 29.9 Å². The Morgan fingerprint density at radius 1 is 1.16 bits per heavy atom. The average molecular weight is 335 g/mol. The molecule has 1 aromatic heterocycles. The van der Waals surface area contributed by atoms with Gasteiger partial charge in [0.1, 0.15) is 5.75 Å². The summed E-state index contributed by atoms with van der Waals surface area (Å²) in [4.78, 5) is 5.84. The molecule has 0 radical (unpaired) electrons. The summed E-state index contributed by atoms with van der Waals surface area (Å²) in [6.07, 6.45) is 6.65. The second kappa shape index (κ2) is 5.56. The summed E-state index contributed by atoms with van der Waals surface area (Å²) < 4.78 is 6.60. The fourth-order valence-electron chi connectivity index (χ4n) is 4.33. The first kappa shape index (κ1) is 14.9. The third kappa shape index (κ3) is 2.34. The Labute approximate surface area is 147 Å². The van der Waals surface area contributed by atoms with Crippen LogP contribution in [0.4, 0.5) is 0 Å². The Hall–Kier alpha value is -2.40. The summed E-state index contributed by atoms with van der Waals surface area (Å²) in [6, 6.07) is 12.8. The van der Waals surface area contributed by atoms with Crippen molar-refractivity contribution in [3.8, 4) is 5.75 Å². The molecule has 25 heavy (non-hydrogen) atoms. The van der Waals surface area contributed by atoms with E-state index in [1.54, 1.807) is 4.90 Å². The van der Waals surface area contributed by atoms with E-state index in [9.17, 15) is 0 Å². The number of hydrogen-bond acceptors (Lipinski definition) is 4. The molecular weight excluding hydrogens is 312 g/mol. The molecule has 5 nitrogen and oxygen atoms in total. The van der Waals surface area contributed by atoms with E-state index in [4.69, 9.17) is 9.84 Å². The summed E-state index contributed by atoms with van der Waals surface area (Å²) in [5.41, 5.74) is 3.18. The van der Waals surface area contributed by atoms with E-state index in [-0.39, 0.29) is 11.8 Å². The standard InChI is InChI=1S/C20H22N4O/c1-23-11-8-20(9-12-23)24-18(16-6-2-3-7-19(16)25-20)13-17(22-24)15-5-4-10-21-14-15/h2-7,10,14,18H,8-9,11-13H2,1H3/p+1/t18-/m0/s1. The van der Waals surface area contributed by atoms with Crippen molar-refractivity contribution in [1.29, 1.82) is 0 Å². The van der Waals surface area contributed by atoms with Crippen LogP contribution in [0.1, 0.15) is 36.4 Å². The van der Waals surface area contributed by atoms with Crippen LogP contribution in [0.2, 0.25) is 0 Å². The van der Waals surface area contributed by atoms with E-state index in [1.807, 2.05) is 18.5 Å². The number of nitrogens with one attached hydrogen (secondary N) is 1. The Bertz CT molecular complexity index is 811. The predicted molar refractivity (Wildman–Crippen MR) is 95.6 cm³/mol. The Balaban J connectivity index is 1.59. The van der Waals surface area contributed by atoms with Gasteiger partial charge in [-0.1, -0.05) is 24.3 Å². The normalized spacial score (nSPS) is 30.4. The van der Waals surface area contributed by atoms with E-state index in [0.29, 0.717) is 0 Å². The van der Waals surface area contributed by atoms with Gasteiger partial charge in [0.25, 0.3) is 0 Å². The van der Waals surface area contributed by atoms with Gasteiger partial charge < -0.3 is 9.64 Å². The number of hydrazone groups is 1. The van der Waals surface area contributed by atoms with Crippen LogP contribution in [0.25, 0.3) is 0 Å². The molecule has 0 saturated carbocycles. The number of ether oxygens (including phenoxy) is 1. The molecule has 1 N–H and O–H groups in total. The molecule has 1 fully saturated rings. The molecule has 0 unspecified atom stereocenters. The van der Waals surface area contributed by atoms with Crippen LogP contribution in [0.15, 0.2) is 53.9 Å². The first-order chi connectivity index (χ1) is 12.3. The first-order valence-electron chi connectivity index (χ1n) is 9.12. The highest BCUT2D eigenvalue weighted by molar-refractivity contribution is 6.01. The SMILES string of the molecule is C[NH+]1CCC2(CC1)Oc1ccccc1[C@@H]1CC(c3cccnc3)=NN12. The fraction of sp³-hybridized carbons (Fsp3) is 0.400. The quantitative estimate of drug-likeness (QED) is 0.861. The molecule has 2 aromatic rings. The molecule has 3 aliphatic heterocycles. The number of rotatable bonds is 1. The molecule has 0 bridgehead atoms. The molecule has 128 valence electrons. The zero-order valence-corrected chi connectivity index (χ0v) is 14.5. The van der Waals surface area contributed by atoms with E-state index < -0.39 is 0 Å². The Morgan fingerprint density at radius 3 is 2.80 bits per heavy atom. The fourth-order valence-corrected chi connectivity index (χ4v) is 4.33. The van der Waals surface area contributed by atoms with Gasteiger partial charge in [-0.15, -0.1) is 0 Å². The number of hydrogen-bond donors (Lipinski definition) is 1. The van der Waals surface area contributed by atoms with Gasteiger partial charge >= 0.3 is 0 Å². The molecule has 0 aliphatic carbocycles. The maximum atomic E-state index is 6.60. The lowest BCUT2D eigenvalue weighted by atomic mass is 9.91. The number of aromatic nitrogens is 1. The van der Waals surface area contributed by atoms with Gasteiger partial charge in [0.05, 0.1) is 44.7 Å². The monoisotopic (exact) mass is 335 g/mol. The van der Waals surface area contributed by atoms with Crippen LogP contribution < -0.4 is 9.64 Å². The summed E-state index contributed by atoms with van der Waals surface area (Å²) >= 11 is 0. The second-order valence-electron chi connectivity index (χ2n) is 7.40. The minimum atomic E-state index is -0.303. The van der Waals surface area contributed by atoms with Crippen molar-refractivity contribution < 1.29 is 9.64 Å². The number of piperidine rings is 1. The highest BCUT2D eigenvalue weighted by atomic mass is 16.5. The number of quaternary nitrogens is 1. The molecule has 5 heteroatoms. The molecule has 3 aliphatic rings. The van der Waals surface area contributed by atoms with E-state index in [0.717, 1.165) is 49.4 Å². The van der Waals surface area contributed by atoms with Crippen LogP contribution in [0, 0.1) is 0 Å². The lowest BCUT2D eigenvalue weighted by molar-refractivity contribution is -0.888. The molecule has 0 amide bonds. The predicted octanol–water partition coefficient (Wildman–Crippen LogP) is 1.63. The van der Waals surface area contributed by atoms with Crippen molar-refractivity contribution in [1.82, 2.24) is 9.99 Å². The topological polar surface area (TPSA) is 42.2 Å². The number of pyridine rings is 1. The minimum absolute atomic E-state index is 0.263. The highest BCUT2D eigenvalue weighted by Crippen LogP contribution is 2.48. The molecular formula is C20H23N4O+. The highest BCUT2D eigenvalue weighted by Gasteiger charge is 2.52. The molecule has 1 atom stereocenters. The van der Waals surface area contributed by atoms with Crippen LogP contribution in [-0.4, -0.2) is 41.6 Å².